The maximum atomic E-state index is 3.76. The van der Waals surface area contributed by atoms with Crippen LogP contribution in [0.15, 0.2) is 0 Å². The van der Waals surface area contributed by atoms with Crippen LogP contribution in [0, 0.1) is 12.3 Å². The lowest BCUT2D eigenvalue weighted by Crippen LogP contribution is -2.00. The van der Waals surface area contributed by atoms with Gasteiger partial charge < -0.3 is 0 Å². The first-order valence-electron chi connectivity index (χ1n) is 2.35. The van der Waals surface area contributed by atoms with E-state index in [1.165, 1.54) is 0 Å². The van der Waals surface area contributed by atoms with Crippen molar-refractivity contribution < 1.29 is 0 Å². The quantitative estimate of drug-likeness (QED) is 0.396. The Hall–Kier alpha value is -0.130. The average molecular weight is 85.2 g/mol. The van der Waals surface area contributed by atoms with Crippen LogP contribution < -0.4 is 0 Å². The van der Waals surface area contributed by atoms with Crippen LogP contribution in [0.3, 0.4) is 0 Å². The van der Waals surface area contributed by atoms with Crippen molar-refractivity contribution in [1.82, 2.24) is 0 Å². The maximum Gasteiger partial charge on any atom is 0.0898 e. The molecule has 0 nitrogen and oxygen atoms in total. The van der Waals surface area contributed by atoms with Gasteiger partial charge in [0, 0.05) is 5.41 Å². The summed E-state index contributed by atoms with van der Waals surface area (Å²) in [5.74, 6) is 0. The van der Waals surface area contributed by atoms with Gasteiger partial charge in [0.2, 0.25) is 0 Å². The molecule has 0 aromatic rings. The molecule has 0 atom stereocenters. The fraction of sp³-hybridized carbons (Fsp3) is 0.833. The molecule has 0 rings (SSSR count). The van der Waals surface area contributed by atoms with E-state index in [1.807, 2.05) is 0 Å². The Kier molecular flexibility index (Phi) is 1.51. The summed E-state index contributed by atoms with van der Waals surface area (Å²) in [4.78, 5) is 0. The molecule has 0 aliphatic carbocycles. The van der Waals surface area contributed by atoms with E-state index in [1.54, 1.807) is 0 Å². The lowest BCUT2D eigenvalue weighted by Gasteiger charge is -2.07. The SMILES string of the molecule is [CH2+]CC(C)(C)C. The number of hydrogen-bond acceptors (Lipinski definition) is 0. The summed E-state index contributed by atoms with van der Waals surface area (Å²) in [7, 11) is 0. The summed E-state index contributed by atoms with van der Waals surface area (Å²) in [6, 6.07) is 0. The Bertz CT molecular complexity index is 29.8. The predicted octanol–water partition coefficient (Wildman–Crippen LogP) is 2.26. The third-order valence-corrected chi connectivity index (χ3v) is 0.750. The highest BCUT2D eigenvalue weighted by molar-refractivity contribution is 4.60. The molecule has 36 valence electrons. The molecule has 0 radical (unpaired) electrons. The molecule has 0 unspecified atom stereocenters. The van der Waals surface area contributed by atoms with Gasteiger partial charge in [0.1, 0.15) is 0 Å². The lowest BCUT2D eigenvalue weighted by atomic mass is 9.94. The van der Waals surface area contributed by atoms with Crippen molar-refractivity contribution in [3.8, 4) is 0 Å². The molecule has 0 saturated heterocycles. The fourth-order valence-corrected chi connectivity index (χ4v) is 0. The Morgan fingerprint density at radius 2 is 1.50 bits per heavy atom. The summed E-state index contributed by atoms with van der Waals surface area (Å²) in [6.07, 6.45) is 1.02. The van der Waals surface area contributed by atoms with Crippen LogP contribution in [0.25, 0.3) is 0 Å². The standard InChI is InChI=1S/C6H13/c1-5-6(2,3)4/h1,5H2,2-4H3/q+1. The second kappa shape index (κ2) is 1.55. The summed E-state index contributed by atoms with van der Waals surface area (Å²) >= 11 is 0. The number of rotatable bonds is 0. The van der Waals surface area contributed by atoms with Crippen LogP contribution in [-0.4, -0.2) is 0 Å². The molecule has 0 saturated carbocycles. The maximum absolute atomic E-state index is 3.76. The predicted molar refractivity (Wildman–Crippen MR) is 29.4 cm³/mol. The molecule has 0 amide bonds. The highest BCUT2D eigenvalue weighted by atomic mass is 14.1. The van der Waals surface area contributed by atoms with Crippen LogP contribution in [-0.2, 0) is 0 Å². The molecule has 0 fully saturated rings. The molecular formula is C6H13+. The third-order valence-electron chi connectivity index (χ3n) is 0.750. The van der Waals surface area contributed by atoms with Gasteiger partial charge in [-0.1, -0.05) is 20.8 Å². The minimum atomic E-state index is 0.431. The van der Waals surface area contributed by atoms with Gasteiger partial charge in [0.25, 0.3) is 0 Å². The Morgan fingerprint density at radius 3 is 1.50 bits per heavy atom. The van der Waals surface area contributed by atoms with E-state index in [0.29, 0.717) is 5.41 Å². The van der Waals surface area contributed by atoms with Gasteiger partial charge in [0.05, 0.1) is 13.3 Å². The molecule has 0 N–H and O–H groups in total. The van der Waals surface area contributed by atoms with Crippen LogP contribution in [0.4, 0.5) is 0 Å². The number of hydrogen-bond donors (Lipinski definition) is 0. The van der Waals surface area contributed by atoms with E-state index in [-0.39, 0.29) is 0 Å². The van der Waals surface area contributed by atoms with E-state index in [2.05, 4.69) is 27.7 Å². The first kappa shape index (κ1) is 5.87. The van der Waals surface area contributed by atoms with Crippen molar-refractivity contribution >= 4 is 0 Å². The van der Waals surface area contributed by atoms with Gasteiger partial charge in [-0.15, -0.1) is 0 Å². The molecule has 0 aromatic carbocycles. The van der Waals surface area contributed by atoms with Crippen LogP contribution in [0.5, 0.6) is 0 Å². The normalized spacial score (nSPS) is 11.8. The smallest absolute Gasteiger partial charge is 0.0561 e. The minimum absolute atomic E-state index is 0.431. The summed E-state index contributed by atoms with van der Waals surface area (Å²) < 4.78 is 0. The van der Waals surface area contributed by atoms with Gasteiger partial charge in [-0.25, -0.2) is 0 Å². The van der Waals surface area contributed by atoms with Crippen molar-refractivity contribution in [1.29, 1.82) is 0 Å². The zero-order valence-electron chi connectivity index (χ0n) is 4.91. The highest BCUT2D eigenvalue weighted by Crippen LogP contribution is 2.15. The van der Waals surface area contributed by atoms with Crippen molar-refractivity contribution in [2.75, 3.05) is 0 Å². The first-order valence-corrected chi connectivity index (χ1v) is 2.35. The summed E-state index contributed by atoms with van der Waals surface area (Å²) in [5, 5.41) is 0. The molecule has 0 spiro atoms. The zero-order chi connectivity index (χ0) is 5.21. The minimum Gasteiger partial charge on any atom is -0.0561 e. The topological polar surface area (TPSA) is 0 Å². The van der Waals surface area contributed by atoms with Crippen molar-refractivity contribution in [3.05, 3.63) is 6.92 Å². The Morgan fingerprint density at radius 1 is 1.33 bits per heavy atom. The largest absolute Gasteiger partial charge is 0.0898 e. The van der Waals surface area contributed by atoms with E-state index < -0.39 is 0 Å². The summed E-state index contributed by atoms with van der Waals surface area (Å²) in [6.45, 7) is 10.3. The lowest BCUT2D eigenvalue weighted by molar-refractivity contribution is 0.419. The van der Waals surface area contributed by atoms with Crippen molar-refractivity contribution in [2.24, 2.45) is 5.41 Å². The summed E-state index contributed by atoms with van der Waals surface area (Å²) in [5.41, 5.74) is 0.431. The second-order valence-corrected chi connectivity index (χ2v) is 2.81. The Labute approximate surface area is 40.6 Å². The molecule has 0 aliphatic rings. The molecule has 0 bridgehead atoms. The third kappa shape index (κ3) is 3.87. The van der Waals surface area contributed by atoms with E-state index in [9.17, 15) is 0 Å². The molecule has 0 aromatic heterocycles. The van der Waals surface area contributed by atoms with Gasteiger partial charge in [-0.2, -0.15) is 0 Å². The Balaban J connectivity index is 3.17. The van der Waals surface area contributed by atoms with Gasteiger partial charge in [0.15, 0.2) is 0 Å². The second-order valence-electron chi connectivity index (χ2n) is 2.81. The molecular weight excluding hydrogens is 72.1 g/mol. The monoisotopic (exact) mass is 85.1 g/mol. The van der Waals surface area contributed by atoms with Gasteiger partial charge in [-0.05, 0) is 0 Å². The molecule has 0 aliphatic heterocycles. The van der Waals surface area contributed by atoms with Crippen LogP contribution in [0.1, 0.15) is 27.2 Å². The van der Waals surface area contributed by atoms with Gasteiger partial charge in [-0.3, -0.25) is 0 Å². The van der Waals surface area contributed by atoms with Crippen molar-refractivity contribution in [2.45, 2.75) is 27.2 Å². The van der Waals surface area contributed by atoms with Crippen molar-refractivity contribution in [3.63, 3.8) is 0 Å². The highest BCUT2D eigenvalue weighted by Gasteiger charge is 2.08. The van der Waals surface area contributed by atoms with E-state index in [4.69, 9.17) is 0 Å². The molecule has 0 heteroatoms. The van der Waals surface area contributed by atoms with Crippen LogP contribution in [0.2, 0.25) is 0 Å². The first-order chi connectivity index (χ1) is 2.56. The van der Waals surface area contributed by atoms with E-state index in [0.717, 1.165) is 6.42 Å². The zero-order valence-corrected chi connectivity index (χ0v) is 4.91. The molecule has 0 heterocycles. The van der Waals surface area contributed by atoms with Gasteiger partial charge >= 0.3 is 0 Å². The fourth-order valence-electron chi connectivity index (χ4n) is 0. The average Bonchev–Trinajstić information content (AvgIpc) is 1.35. The molecule has 6 heavy (non-hydrogen) atoms. The van der Waals surface area contributed by atoms with Crippen LogP contribution >= 0.6 is 0 Å². The van der Waals surface area contributed by atoms with E-state index >= 15 is 0 Å².